The number of benzene rings is 5. The lowest BCUT2D eigenvalue weighted by molar-refractivity contribution is 0.592. The van der Waals surface area contributed by atoms with E-state index >= 15 is 4.57 Å². The molecular weight excluding hydrogens is 459 g/mol. The van der Waals surface area contributed by atoms with E-state index in [1.807, 2.05) is 66.9 Å². The number of hydrogen-bond acceptors (Lipinski definition) is 1. The molecule has 36 heavy (non-hydrogen) atoms. The minimum Gasteiger partial charge on any atom is -0.361 e. The van der Waals surface area contributed by atoms with Gasteiger partial charge in [-0.25, -0.2) is 0 Å². The molecule has 0 saturated heterocycles. The van der Waals surface area contributed by atoms with Crippen molar-refractivity contribution in [2.24, 2.45) is 0 Å². The van der Waals surface area contributed by atoms with Crippen molar-refractivity contribution < 1.29 is 4.57 Å². The summed E-state index contributed by atoms with van der Waals surface area (Å²) in [6.07, 6.45) is 1.92. The van der Waals surface area contributed by atoms with E-state index < -0.39 is 7.14 Å². The van der Waals surface area contributed by atoms with Crippen molar-refractivity contribution in [3.63, 3.8) is 0 Å². The lowest BCUT2D eigenvalue weighted by atomic mass is 10.1. The molecule has 3 nitrogen and oxygen atoms in total. The average Bonchev–Trinajstić information content (AvgIpc) is 3.55. The van der Waals surface area contributed by atoms with Gasteiger partial charge < -0.3 is 14.1 Å². The van der Waals surface area contributed by atoms with E-state index in [2.05, 4.69) is 76.3 Å². The van der Waals surface area contributed by atoms with Gasteiger partial charge in [-0.05, 0) is 53.9 Å². The Balaban J connectivity index is 1.53. The number of H-pyrrole nitrogens is 1. The molecule has 0 bridgehead atoms. The normalized spacial score (nSPS) is 13.3. The number of fused-ring (bicyclic) bond motifs is 4. The van der Waals surface area contributed by atoms with Gasteiger partial charge in [0.15, 0.2) is 7.14 Å². The minimum absolute atomic E-state index is 0.829. The maximum atomic E-state index is 15.2. The maximum absolute atomic E-state index is 15.2. The summed E-state index contributed by atoms with van der Waals surface area (Å²) < 4.78 is 17.5. The van der Waals surface area contributed by atoms with E-state index in [1.165, 1.54) is 0 Å². The van der Waals surface area contributed by atoms with Gasteiger partial charge in [0.1, 0.15) is 0 Å². The van der Waals surface area contributed by atoms with Crippen LogP contribution in [0.25, 0.3) is 38.4 Å². The van der Waals surface area contributed by atoms with Crippen LogP contribution >= 0.6 is 7.14 Å². The van der Waals surface area contributed by atoms with Crippen LogP contribution in [0.15, 0.2) is 134 Å². The fraction of sp³-hybridized carbons (Fsp3) is 0. The molecule has 0 saturated carbocycles. The van der Waals surface area contributed by atoms with Crippen LogP contribution in [0.2, 0.25) is 0 Å². The third kappa shape index (κ3) is 3.10. The van der Waals surface area contributed by atoms with Crippen LogP contribution in [0.4, 0.5) is 0 Å². The van der Waals surface area contributed by atoms with Gasteiger partial charge in [0, 0.05) is 44.1 Å². The lowest BCUT2D eigenvalue weighted by Crippen LogP contribution is -2.25. The van der Waals surface area contributed by atoms with Crippen molar-refractivity contribution in [2.45, 2.75) is 0 Å². The summed E-state index contributed by atoms with van der Waals surface area (Å²) in [6, 6.07) is 43.2. The van der Waals surface area contributed by atoms with Crippen LogP contribution < -0.4 is 15.9 Å². The summed E-state index contributed by atoms with van der Waals surface area (Å²) in [4.78, 5) is 3.29. The molecule has 5 aromatic carbocycles. The van der Waals surface area contributed by atoms with E-state index in [4.69, 9.17) is 0 Å². The van der Waals surface area contributed by atoms with Gasteiger partial charge in [0.25, 0.3) is 0 Å². The summed E-state index contributed by atoms with van der Waals surface area (Å²) in [6.45, 7) is 0. The second-order valence-electron chi connectivity index (χ2n) is 9.08. The number of aromatic nitrogens is 2. The predicted octanol–water partition coefficient (Wildman–Crippen LogP) is 6.90. The third-order valence-corrected chi connectivity index (χ3v) is 10.1. The van der Waals surface area contributed by atoms with Gasteiger partial charge in [-0.1, -0.05) is 78.9 Å². The average molecular weight is 483 g/mol. The van der Waals surface area contributed by atoms with Gasteiger partial charge in [0.2, 0.25) is 0 Å². The smallest absolute Gasteiger partial charge is 0.171 e. The minimum atomic E-state index is -3.13. The van der Waals surface area contributed by atoms with Gasteiger partial charge >= 0.3 is 0 Å². The first-order valence-corrected chi connectivity index (χ1v) is 13.8. The highest BCUT2D eigenvalue weighted by atomic mass is 31.2. The van der Waals surface area contributed by atoms with E-state index in [0.717, 1.165) is 54.3 Å². The number of para-hydroxylation sites is 2. The Bertz CT molecular complexity index is 1920. The lowest BCUT2D eigenvalue weighted by Gasteiger charge is -2.20. The van der Waals surface area contributed by atoms with Crippen molar-refractivity contribution in [3.8, 4) is 5.69 Å². The van der Waals surface area contributed by atoms with Gasteiger partial charge in [0.05, 0.1) is 11.0 Å². The molecule has 0 fully saturated rings. The Hall–Kier alpha value is -4.33. The van der Waals surface area contributed by atoms with E-state index in [9.17, 15) is 0 Å². The summed E-state index contributed by atoms with van der Waals surface area (Å²) >= 11 is 0. The number of rotatable bonds is 4. The molecule has 1 unspecified atom stereocenters. The molecule has 0 spiro atoms. The molecule has 0 radical (unpaired) electrons. The molecule has 7 aromatic rings. The van der Waals surface area contributed by atoms with Crippen LogP contribution in [0, 0.1) is 0 Å². The number of aromatic amines is 1. The number of hydrogen-bond donors (Lipinski definition) is 1. The van der Waals surface area contributed by atoms with Crippen LogP contribution in [-0.2, 0) is 4.57 Å². The predicted molar refractivity (Wildman–Crippen MR) is 152 cm³/mol. The molecule has 0 amide bonds. The topological polar surface area (TPSA) is 37.8 Å². The molecule has 172 valence electrons. The van der Waals surface area contributed by atoms with Gasteiger partial charge in [-0.3, -0.25) is 0 Å². The molecule has 7 rings (SSSR count). The van der Waals surface area contributed by atoms with Crippen LogP contribution in [0.3, 0.4) is 0 Å². The molecular formula is C32H23N2OP. The molecule has 1 N–H and O–H groups in total. The highest BCUT2D eigenvalue weighted by molar-refractivity contribution is 7.85. The highest BCUT2D eigenvalue weighted by Crippen LogP contribution is 2.44. The molecule has 2 aromatic heterocycles. The monoisotopic (exact) mass is 482 g/mol. The SMILES string of the molecule is O=P(c1ccccc1)(c1ccc2cc[nH]c2c1)c1ccc2c(c1)c1ccccc1n2-c1ccccc1. The van der Waals surface area contributed by atoms with Crippen molar-refractivity contribution in [2.75, 3.05) is 0 Å². The van der Waals surface area contributed by atoms with Crippen molar-refractivity contribution in [3.05, 3.63) is 134 Å². The first kappa shape index (κ1) is 21.0. The fourth-order valence-corrected chi connectivity index (χ4v) is 8.01. The summed E-state index contributed by atoms with van der Waals surface area (Å²) in [5, 5.41) is 5.86. The molecule has 0 aliphatic rings. The van der Waals surface area contributed by atoms with Crippen molar-refractivity contribution in [1.29, 1.82) is 0 Å². The number of nitrogens with one attached hydrogen (secondary N) is 1. The van der Waals surface area contributed by atoms with E-state index in [1.54, 1.807) is 0 Å². The molecule has 0 aliphatic heterocycles. The summed E-state index contributed by atoms with van der Waals surface area (Å²) in [5.74, 6) is 0. The molecule has 4 heteroatoms. The number of nitrogens with zero attached hydrogens (tertiary/aromatic N) is 1. The molecule has 1 atom stereocenters. The maximum Gasteiger partial charge on any atom is 0.171 e. The highest BCUT2D eigenvalue weighted by Gasteiger charge is 2.31. The van der Waals surface area contributed by atoms with Crippen LogP contribution in [0.1, 0.15) is 0 Å². The zero-order chi connectivity index (χ0) is 24.1. The Morgan fingerprint density at radius 1 is 0.556 bits per heavy atom. The first-order valence-electron chi connectivity index (χ1n) is 12.1. The third-order valence-electron chi connectivity index (χ3n) is 7.06. The standard InChI is InChI=1S/C32H23N2OP/c35-36(25-11-5-2-6-12-25,27-16-15-23-19-20-33-30(23)22-27)26-17-18-32-29(21-26)28-13-7-8-14-31(28)34(32)24-9-3-1-4-10-24/h1-22,33H. The van der Waals surface area contributed by atoms with Crippen molar-refractivity contribution in [1.82, 2.24) is 9.55 Å². The van der Waals surface area contributed by atoms with Crippen LogP contribution in [0.5, 0.6) is 0 Å². The van der Waals surface area contributed by atoms with Gasteiger partial charge in [-0.15, -0.1) is 0 Å². The second kappa shape index (κ2) is 8.12. The zero-order valence-electron chi connectivity index (χ0n) is 19.5. The Morgan fingerprint density at radius 2 is 1.22 bits per heavy atom. The first-order chi connectivity index (χ1) is 17.7. The van der Waals surface area contributed by atoms with Crippen LogP contribution in [-0.4, -0.2) is 9.55 Å². The van der Waals surface area contributed by atoms with E-state index in [-0.39, 0.29) is 0 Å². The zero-order valence-corrected chi connectivity index (χ0v) is 20.4. The quantitative estimate of drug-likeness (QED) is 0.272. The van der Waals surface area contributed by atoms with Crippen molar-refractivity contribution >= 4 is 55.8 Å². The largest absolute Gasteiger partial charge is 0.361 e. The summed E-state index contributed by atoms with van der Waals surface area (Å²) in [7, 11) is -3.13. The summed E-state index contributed by atoms with van der Waals surface area (Å²) in [5.41, 5.74) is 4.34. The Morgan fingerprint density at radius 3 is 2.06 bits per heavy atom. The molecule has 2 heterocycles. The molecule has 0 aliphatic carbocycles. The second-order valence-corrected chi connectivity index (χ2v) is 11.9. The Kier molecular flexibility index (Phi) is 4.73. The Labute approximate surface area is 209 Å². The van der Waals surface area contributed by atoms with E-state index in [0.29, 0.717) is 0 Å². The van der Waals surface area contributed by atoms with Gasteiger partial charge in [-0.2, -0.15) is 0 Å². The fourth-order valence-electron chi connectivity index (χ4n) is 5.33.